The molecular weight excluding hydrogens is 474 g/mol. The van der Waals surface area contributed by atoms with Crippen molar-refractivity contribution < 1.29 is 33.6 Å². The zero-order valence-electron chi connectivity index (χ0n) is 21.6. The first-order valence-corrected chi connectivity index (χ1v) is 11.6. The molecule has 1 unspecified atom stereocenters. The minimum atomic E-state index is -0.961. The van der Waals surface area contributed by atoms with Crippen LogP contribution in [0.5, 0.6) is 23.0 Å². The Morgan fingerprint density at radius 3 is 2.05 bits per heavy atom. The summed E-state index contributed by atoms with van der Waals surface area (Å²) in [6.07, 6.45) is 0. The van der Waals surface area contributed by atoms with E-state index in [2.05, 4.69) is 0 Å². The molecule has 1 atom stereocenters. The predicted octanol–water partition coefficient (Wildman–Crippen LogP) is 4.96. The van der Waals surface area contributed by atoms with Gasteiger partial charge in [-0.1, -0.05) is 12.1 Å². The molecule has 1 amide bonds. The predicted molar refractivity (Wildman–Crippen MR) is 140 cm³/mol. The van der Waals surface area contributed by atoms with Gasteiger partial charge in [-0.3, -0.25) is 14.5 Å². The largest absolute Gasteiger partial charge is 0.507 e. The highest BCUT2D eigenvalue weighted by Crippen LogP contribution is 2.47. The van der Waals surface area contributed by atoms with Crippen LogP contribution in [0.25, 0.3) is 5.76 Å². The lowest BCUT2D eigenvalue weighted by Gasteiger charge is -2.27. The summed E-state index contributed by atoms with van der Waals surface area (Å²) in [6, 6.07) is 14.8. The summed E-state index contributed by atoms with van der Waals surface area (Å²) in [5.41, 5.74) is 2.99. The Bertz CT molecular complexity index is 1380. The molecule has 3 aromatic carbocycles. The number of hydrogen-bond acceptors (Lipinski definition) is 7. The summed E-state index contributed by atoms with van der Waals surface area (Å²) in [5.74, 6) is -0.153. The third kappa shape index (κ3) is 4.46. The molecule has 192 valence electrons. The minimum Gasteiger partial charge on any atom is -0.507 e. The number of rotatable bonds is 7. The number of ketones is 1. The van der Waals surface area contributed by atoms with E-state index in [9.17, 15) is 14.7 Å². The smallest absolute Gasteiger partial charge is 0.300 e. The third-order valence-corrected chi connectivity index (χ3v) is 6.42. The first-order valence-electron chi connectivity index (χ1n) is 11.6. The number of nitrogens with zero attached hydrogens (tertiary/aromatic N) is 1. The van der Waals surface area contributed by atoms with Crippen molar-refractivity contribution in [1.29, 1.82) is 0 Å². The number of aryl methyl sites for hydroxylation is 2. The molecule has 0 radical (unpaired) electrons. The molecule has 1 N–H and O–H groups in total. The van der Waals surface area contributed by atoms with Crippen LogP contribution in [-0.4, -0.2) is 45.2 Å². The summed E-state index contributed by atoms with van der Waals surface area (Å²) in [7, 11) is 6.01. The highest BCUT2D eigenvalue weighted by atomic mass is 16.5. The van der Waals surface area contributed by atoms with Crippen LogP contribution in [0.1, 0.15) is 28.3 Å². The van der Waals surface area contributed by atoms with E-state index < -0.39 is 17.7 Å². The number of benzene rings is 3. The average molecular weight is 504 g/mol. The van der Waals surface area contributed by atoms with E-state index in [-0.39, 0.29) is 11.3 Å². The van der Waals surface area contributed by atoms with Crippen LogP contribution in [-0.2, 0) is 9.59 Å². The molecular formula is C29H29NO7. The Labute approximate surface area is 215 Å². The molecule has 0 aliphatic carbocycles. The molecule has 3 aromatic rings. The van der Waals surface area contributed by atoms with Gasteiger partial charge in [-0.2, -0.15) is 0 Å². The van der Waals surface area contributed by atoms with Crippen molar-refractivity contribution in [3.05, 3.63) is 82.4 Å². The maximum Gasteiger partial charge on any atom is 0.300 e. The van der Waals surface area contributed by atoms with Gasteiger partial charge >= 0.3 is 0 Å². The van der Waals surface area contributed by atoms with Crippen LogP contribution in [0, 0.1) is 13.8 Å². The summed E-state index contributed by atoms with van der Waals surface area (Å²) < 4.78 is 21.8. The van der Waals surface area contributed by atoms with E-state index in [1.54, 1.807) is 50.4 Å². The number of ether oxygens (including phenoxy) is 4. The molecule has 8 nitrogen and oxygen atoms in total. The average Bonchev–Trinajstić information content (AvgIpc) is 3.17. The number of hydrogen-bond donors (Lipinski definition) is 1. The number of amides is 1. The SMILES string of the molecule is COc1ccc(/C(O)=C2\C(=O)C(=O)N(c3cccc(C)c3)C2c2cc(OC)c(OC)c(OC)c2)c(C)c1. The summed E-state index contributed by atoms with van der Waals surface area (Å²) in [4.78, 5) is 28.4. The lowest BCUT2D eigenvalue weighted by molar-refractivity contribution is -0.132. The Morgan fingerprint density at radius 1 is 0.838 bits per heavy atom. The van der Waals surface area contributed by atoms with Gasteiger partial charge in [-0.25, -0.2) is 0 Å². The van der Waals surface area contributed by atoms with Crippen LogP contribution in [0.3, 0.4) is 0 Å². The molecule has 0 saturated carbocycles. The number of Topliss-reactive ketones (excluding diaryl/α,β-unsaturated/α-hetero) is 1. The van der Waals surface area contributed by atoms with Crippen molar-refractivity contribution in [3.8, 4) is 23.0 Å². The van der Waals surface area contributed by atoms with E-state index in [0.29, 0.717) is 45.4 Å². The molecule has 1 aliphatic heterocycles. The van der Waals surface area contributed by atoms with Gasteiger partial charge in [0.05, 0.1) is 40.1 Å². The van der Waals surface area contributed by atoms with Crippen molar-refractivity contribution in [1.82, 2.24) is 0 Å². The van der Waals surface area contributed by atoms with Crippen molar-refractivity contribution in [2.24, 2.45) is 0 Å². The van der Waals surface area contributed by atoms with E-state index in [0.717, 1.165) is 5.56 Å². The third-order valence-electron chi connectivity index (χ3n) is 6.42. The summed E-state index contributed by atoms with van der Waals surface area (Å²) in [6.45, 7) is 3.69. The quantitative estimate of drug-likeness (QED) is 0.277. The second-order valence-electron chi connectivity index (χ2n) is 8.65. The van der Waals surface area contributed by atoms with Gasteiger partial charge in [0.2, 0.25) is 5.75 Å². The number of carbonyl (C=O) groups excluding carboxylic acids is 2. The highest BCUT2D eigenvalue weighted by Gasteiger charge is 2.47. The number of carbonyl (C=O) groups is 2. The topological polar surface area (TPSA) is 94.5 Å². The fraction of sp³-hybridized carbons (Fsp3) is 0.241. The van der Waals surface area contributed by atoms with Gasteiger partial charge in [-0.15, -0.1) is 0 Å². The Morgan fingerprint density at radius 2 is 1.51 bits per heavy atom. The van der Waals surface area contributed by atoms with Gasteiger partial charge < -0.3 is 24.1 Å². The molecule has 0 aromatic heterocycles. The second-order valence-corrected chi connectivity index (χ2v) is 8.65. The molecule has 4 rings (SSSR count). The molecule has 1 saturated heterocycles. The van der Waals surface area contributed by atoms with E-state index in [1.807, 2.05) is 25.1 Å². The zero-order valence-corrected chi connectivity index (χ0v) is 21.6. The van der Waals surface area contributed by atoms with Gasteiger partial charge in [0, 0.05) is 11.3 Å². The van der Waals surface area contributed by atoms with Gasteiger partial charge in [0.15, 0.2) is 11.5 Å². The molecule has 1 aliphatic rings. The zero-order chi connectivity index (χ0) is 26.9. The van der Waals surface area contributed by atoms with E-state index in [4.69, 9.17) is 18.9 Å². The maximum absolute atomic E-state index is 13.5. The van der Waals surface area contributed by atoms with Gasteiger partial charge in [0.1, 0.15) is 11.5 Å². The molecule has 1 fully saturated rings. The lowest BCUT2D eigenvalue weighted by Crippen LogP contribution is -2.29. The molecule has 1 heterocycles. The Kier molecular flexibility index (Phi) is 7.11. The molecule has 0 bridgehead atoms. The van der Waals surface area contributed by atoms with Gasteiger partial charge in [-0.05, 0) is 73.0 Å². The van der Waals surface area contributed by atoms with Crippen molar-refractivity contribution >= 4 is 23.1 Å². The molecule has 8 heteroatoms. The lowest BCUT2D eigenvalue weighted by atomic mass is 9.93. The van der Waals surface area contributed by atoms with Crippen LogP contribution in [0.4, 0.5) is 5.69 Å². The Hall–Kier alpha value is -4.46. The molecule has 0 spiro atoms. The maximum atomic E-state index is 13.5. The summed E-state index contributed by atoms with van der Waals surface area (Å²) in [5, 5.41) is 11.5. The minimum absolute atomic E-state index is 0.0472. The number of anilines is 1. The summed E-state index contributed by atoms with van der Waals surface area (Å²) >= 11 is 0. The van der Waals surface area contributed by atoms with E-state index in [1.165, 1.54) is 26.2 Å². The van der Waals surface area contributed by atoms with Crippen molar-refractivity contribution in [3.63, 3.8) is 0 Å². The van der Waals surface area contributed by atoms with Gasteiger partial charge in [0.25, 0.3) is 11.7 Å². The van der Waals surface area contributed by atoms with Crippen LogP contribution >= 0.6 is 0 Å². The first-order chi connectivity index (χ1) is 17.7. The normalized spacial score (nSPS) is 16.6. The number of methoxy groups -OCH3 is 4. The fourth-order valence-electron chi connectivity index (χ4n) is 4.63. The van der Waals surface area contributed by atoms with Crippen LogP contribution in [0.2, 0.25) is 0 Å². The number of aliphatic hydroxyl groups excluding tert-OH is 1. The van der Waals surface area contributed by atoms with Crippen LogP contribution in [0.15, 0.2) is 60.2 Å². The standard InChI is InChI=1S/C29H29NO7/c1-16-8-7-9-19(12-16)30-25(18-14-22(35-4)28(37-6)23(15-18)36-5)24(27(32)29(30)33)26(31)21-11-10-20(34-3)13-17(21)2/h7-15,25,31H,1-6H3/b26-24+. The highest BCUT2D eigenvalue weighted by molar-refractivity contribution is 6.51. The first kappa shape index (κ1) is 25.6. The van der Waals surface area contributed by atoms with E-state index >= 15 is 0 Å². The van der Waals surface area contributed by atoms with Crippen LogP contribution < -0.4 is 23.8 Å². The molecule has 37 heavy (non-hydrogen) atoms. The van der Waals surface area contributed by atoms with Crippen molar-refractivity contribution in [2.75, 3.05) is 33.3 Å². The monoisotopic (exact) mass is 503 g/mol. The fourth-order valence-corrected chi connectivity index (χ4v) is 4.63. The second kappa shape index (κ2) is 10.3. The Balaban J connectivity index is 2.03. The van der Waals surface area contributed by atoms with Crippen molar-refractivity contribution in [2.45, 2.75) is 19.9 Å². The number of aliphatic hydroxyl groups is 1.